The molecule has 6 N–H and O–H groups in total. The first-order valence-electron chi connectivity index (χ1n) is 18.2. The first-order chi connectivity index (χ1) is 28.4. The zero-order chi connectivity index (χ0) is 41.5. The summed E-state index contributed by atoms with van der Waals surface area (Å²) in [7, 11) is 0. The first kappa shape index (κ1) is 37.8. The quantitative estimate of drug-likeness (QED) is 0.0568. The number of ether oxygens (including phenoxy) is 2. The Morgan fingerprint density at radius 3 is 0.932 bits per heavy atom. The number of aromatic hydroxyl groups is 4. The molecular weight excluding hydrogens is 757 g/mol. The van der Waals surface area contributed by atoms with E-state index in [0.717, 1.165) is 0 Å². The third kappa shape index (κ3) is 6.78. The first-order valence-corrected chi connectivity index (χ1v) is 18.2. The summed E-state index contributed by atoms with van der Waals surface area (Å²) in [6.07, 6.45) is -0.346. The number of carboxylic acid groups (broad SMARTS) is 2. The number of carbonyl (C=O) groups is 4. The van der Waals surface area contributed by atoms with Gasteiger partial charge in [-0.15, -0.1) is 0 Å². The summed E-state index contributed by atoms with van der Waals surface area (Å²) in [5, 5.41) is 69.3. The van der Waals surface area contributed by atoms with Crippen molar-refractivity contribution in [2.45, 2.75) is 12.8 Å². The zero-order valence-electron chi connectivity index (χ0n) is 30.8. The van der Waals surface area contributed by atoms with E-state index in [-0.39, 0.29) is 57.3 Å². The number of aromatic carboxylic acids is 2. The number of carbonyl (C=O) groups excluding carboxylic acids is 2. The topological polar surface area (TPSA) is 208 Å². The smallest absolute Gasteiger partial charge is 0.344 e. The van der Waals surface area contributed by atoms with Crippen molar-refractivity contribution in [2.75, 3.05) is 6.79 Å². The highest BCUT2D eigenvalue weighted by Crippen LogP contribution is 2.41. The van der Waals surface area contributed by atoms with Crippen LogP contribution in [0.15, 0.2) is 121 Å². The SMILES string of the molecule is O=C(O)c1cc2ccccc2c(Cc2c(O)c(C(=O)OCOC(=O)c3cc4ccccc4c(Cc4c(O)c(C(=O)O)cc5ccccc45)c3O)cc3ccccc23)c1O. The maximum atomic E-state index is 13.6. The Balaban J connectivity index is 1.09. The molecule has 0 aliphatic carbocycles. The second-order valence-electron chi connectivity index (χ2n) is 13.8. The lowest BCUT2D eigenvalue weighted by Crippen LogP contribution is -2.14. The van der Waals surface area contributed by atoms with Crippen LogP contribution in [0.5, 0.6) is 23.0 Å². The number of benzene rings is 8. The molecule has 0 spiro atoms. The van der Waals surface area contributed by atoms with Crippen LogP contribution in [0, 0.1) is 0 Å². The minimum atomic E-state index is -1.35. The third-order valence-corrected chi connectivity index (χ3v) is 10.5. The molecular formula is C47H32O12. The molecule has 0 aliphatic heterocycles. The summed E-state index contributed by atoms with van der Waals surface area (Å²) in [6.45, 7) is -0.932. The largest absolute Gasteiger partial charge is 0.507 e. The van der Waals surface area contributed by atoms with Crippen molar-refractivity contribution in [2.24, 2.45) is 0 Å². The van der Waals surface area contributed by atoms with Gasteiger partial charge in [-0.25, -0.2) is 19.2 Å². The third-order valence-electron chi connectivity index (χ3n) is 10.5. The van der Waals surface area contributed by atoms with Crippen LogP contribution in [0.1, 0.15) is 63.7 Å². The van der Waals surface area contributed by atoms with Crippen LogP contribution < -0.4 is 0 Å². The molecule has 0 heterocycles. The van der Waals surface area contributed by atoms with Crippen molar-refractivity contribution >= 4 is 67.0 Å². The van der Waals surface area contributed by atoms with Gasteiger partial charge in [0.25, 0.3) is 0 Å². The lowest BCUT2D eigenvalue weighted by atomic mass is 9.90. The van der Waals surface area contributed by atoms with E-state index < -0.39 is 53.7 Å². The Morgan fingerprint density at radius 1 is 0.390 bits per heavy atom. The molecule has 0 amide bonds. The second-order valence-corrected chi connectivity index (χ2v) is 13.8. The Morgan fingerprint density at radius 2 is 0.644 bits per heavy atom. The summed E-state index contributed by atoms with van der Waals surface area (Å²) < 4.78 is 10.6. The fourth-order valence-electron chi connectivity index (χ4n) is 7.65. The van der Waals surface area contributed by atoms with Crippen molar-refractivity contribution in [3.8, 4) is 23.0 Å². The van der Waals surface area contributed by atoms with Gasteiger partial charge in [-0.2, -0.15) is 0 Å². The van der Waals surface area contributed by atoms with Gasteiger partial charge in [0.1, 0.15) is 45.3 Å². The highest BCUT2D eigenvalue weighted by Gasteiger charge is 2.26. The lowest BCUT2D eigenvalue weighted by Gasteiger charge is -2.17. The molecule has 12 nitrogen and oxygen atoms in total. The number of esters is 2. The standard InChI is InChI=1S/C47H32O12/c48-40-32(28-13-5-1-9-24(28)17-36(40)44(52)53)21-34-30-15-7-3-11-26(30)19-38(42(34)50)46(56)58-23-59-47(57)39-20-27-12-4-8-16-31(27)35(43(39)51)22-33-29-14-6-2-10-25(29)18-37(41(33)49)45(54)55/h1-20,48-51H,21-23H2,(H,52,53)(H,54,55). The van der Waals surface area contributed by atoms with Crippen LogP contribution >= 0.6 is 0 Å². The Hall–Kier alpha value is -8.12. The van der Waals surface area contributed by atoms with E-state index in [9.17, 15) is 49.8 Å². The predicted octanol–water partition coefficient (Wildman–Crippen LogP) is 8.67. The molecule has 0 radical (unpaired) electrons. The Labute approximate surface area is 334 Å². The van der Waals surface area contributed by atoms with Crippen molar-refractivity contribution in [1.29, 1.82) is 0 Å². The lowest BCUT2D eigenvalue weighted by molar-refractivity contribution is -0.0170. The van der Waals surface area contributed by atoms with Gasteiger partial charge in [0.2, 0.25) is 6.79 Å². The van der Waals surface area contributed by atoms with E-state index in [4.69, 9.17) is 9.47 Å². The van der Waals surface area contributed by atoms with Gasteiger partial charge in [-0.05, 0) is 67.4 Å². The summed E-state index contributed by atoms with van der Waals surface area (Å²) >= 11 is 0. The number of fused-ring (bicyclic) bond motifs is 4. The highest BCUT2D eigenvalue weighted by molar-refractivity contribution is 6.05. The van der Waals surface area contributed by atoms with Gasteiger partial charge in [0.05, 0.1) is 0 Å². The molecule has 0 saturated heterocycles. The monoisotopic (exact) mass is 788 g/mol. The predicted molar refractivity (Wildman–Crippen MR) is 218 cm³/mol. The van der Waals surface area contributed by atoms with Crippen molar-refractivity contribution in [3.05, 3.63) is 166 Å². The van der Waals surface area contributed by atoms with Gasteiger partial charge >= 0.3 is 23.9 Å². The molecule has 292 valence electrons. The molecule has 12 heteroatoms. The molecule has 59 heavy (non-hydrogen) atoms. The molecule has 0 fully saturated rings. The van der Waals surface area contributed by atoms with Gasteiger partial charge in [-0.1, -0.05) is 97.1 Å². The molecule has 0 bridgehead atoms. The Kier molecular flexibility index (Phi) is 9.66. The van der Waals surface area contributed by atoms with E-state index in [1.54, 1.807) is 97.1 Å². The molecule has 8 aromatic rings. The summed E-state index contributed by atoms with van der Waals surface area (Å²) in [5.74, 6) is -6.80. The summed E-state index contributed by atoms with van der Waals surface area (Å²) in [6, 6.07) is 32.9. The van der Waals surface area contributed by atoms with Gasteiger partial charge in [0.15, 0.2) is 0 Å². The highest BCUT2D eigenvalue weighted by atomic mass is 16.7. The minimum absolute atomic E-state index is 0.173. The summed E-state index contributed by atoms with van der Waals surface area (Å²) in [4.78, 5) is 51.2. The van der Waals surface area contributed by atoms with Gasteiger partial charge in [-0.3, -0.25) is 0 Å². The normalized spacial score (nSPS) is 11.3. The fourth-order valence-corrected chi connectivity index (χ4v) is 7.65. The Bertz CT molecular complexity index is 2870. The van der Waals surface area contributed by atoms with Crippen molar-refractivity contribution in [1.82, 2.24) is 0 Å². The number of carboxylic acids is 2. The molecule has 8 aromatic carbocycles. The van der Waals surface area contributed by atoms with Crippen LogP contribution in [0.2, 0.25) is 0 Å². The number of phenols is 4. The van der Waals surface area contributed by atoms with Gasteiger partial charge < -0.3 is 40.1 Å². The number of phenolic OH excluding ortho intramolecular Hbond substituents is 2. The molecule has 0 atom stereocenters. The van der Waals surface area contributed by atoms with Crippen LogP contribution in [0.3, 0.4) is 0 Å². The van der Waals surface area contributed by atoms with Gasteiger partial charge in [0, 0.05) is 35.1 Å². The van der Waals surface area contributed by atoms with Crippen LogP contribution in [-0.4, -0.2) is 61.3 Å². The van der Waals surface area contributed by atoms with E-state index in [1.807, 2.05) is 0 Å². The van der Waals surface area contributed by atoms with E-state index in [0.29, 0.717) is 43.1 Å². The number of rotatable bonds is 10. The number of hydrogen-bond acceptors (Lipinski definition) is 10. The van der Waals surface area contributed by atoms with Crippen LogP contribution in [0.4, 0.5) is 0 Å². The van der Waals surface area contributed by atoms with E-state index in [1.165, 1.54) is 24.3 Å². The maximum Gasteiger partial charge on any atom is 0.344 e. The second kappa shape index (κ2) is 15.1. The molecule has 0 aliphatic rings. The molecule has 0 unspecified atom stereocenters. The van der Waals surface area contributed by atoms with E-state index in [2.05, 4.69) is 0 Å². The summed E-state index contributed by atoms with van der Waals surface area (Å²) in [5.41, 5.74) is -0.403. The van der Waals surface area contributed by atoms with E-state index >= 15 is 0 Å². The molecule has 0 aromatic heterocycles. The molecule has 0 saturated carbocycles. The van der Waals surface area contributed by atoms with Crippen LogP contribution in [-0.2, 0) is 22.3 Å². The average molecular weight is 789 g/mol. The fraction of sp³-hybridized carbons (Fsp3) is 0.0638. The molecule has 8 rings (SSSR count). The maximum absolute atomic E-state index is 13.6. The minimum Gasteiger partial charge on any atom is -0.507 e. The average Bonchev–Trinajstić information content (AvgIpc) is 3.23. The number of hydrogen-bond donors (Lipinski definition) is 6. The van der Waals surface area contributed by atoms with Crippen LogP contribution in [0.25, 0.3) is 43.1 Å². The van der Waals surface area contributed by atoms with Crippen molar-refractivity contribution in [3.63, 3.8) is 0 Å². The van der Waals surface area contributed by atoms with Crippen molar-refractivity contribution < 1.29 is 59.3 Å². The zero-order valence-corrected chi connectivity index (χ0v) is 30.8.